The van der Waals surface area contributed by atoms with Crippen LogP contribution in [0.1, 0.15) is 47.7 Å². The number of hydrogen-bond donors (Lipinski definition) is 2. The quantitative estimate of drug-likeness (QED) is 0.0241. The molecule has 0 bridgehead atoms. The van der Waals surface area contributed by atoms with Gasteiger partial charge in [-0.2, -0.15) is 0 Å². The molecule has 0 radical (unpaired) electrons. The molecule has 3 aliphatic rings. The number of rotatable bonds is 16. The minimum absolute atomic E-state index is 0.00517. The number of carbonyl (C=O) groups is 8. The molecule has 18 nitrogen and oxygen atoms in total. The molecule has 6 amide bonds. The van der Waals surface area contributed by atoms with E-state index in [9.17, 15) is 38.4 Å². The van der Waals surface area contributed by atoms with Crippen LogP contribution in [0.25, 0.3) is 0 Å². The molecule has 4 aromatic rings. The van der Waals surface area contributed by atoms with Gasteiger partial charge in [-0.3, -0.25) is 38.5 Å². The molecule has 2 N–H and O–H groups in total. The summed E-state index contributed by atoms with van der Waals surface area (Å²) in [5.41, 5.74) is 0.398. The Morgan fingerprint density at radius 1 is 0.968 bits per heavy atom. The zero-order valence-corrected chi connectivity index (χ0v) is 35.3. The van der Waals surface area contributed by atoms with Crippen LogP contribution in [0.2, 0.25) is 0 Å². The van der Waals surface area contributed by atoms with Crippen molar-refractivity contribution in [3.05, 3.63) is 123 Å². The van der Waals surface area contributed by atoms with Crippen LogP contribution in [-0.4, -0.2) is 120 Å². The average Bonchev–Trinajstić information content (AvgIpc) is 3.83. The lowest BCUT2D eigenvalue weighted by molar-refractivity contribution is -0.178. The van der Waals surface area contributed by atoms with Gasteiger partial charge in [0.1, 0.15) is 22.3 Å². The van der Waals surface area contributed by atoms with Gasteiger partial charge in [0.05, 0.1) is 11.4 Å². The van der Waals surface area contributed by atoms with E-state index in [0.717, 1.165) is 39.9 Å². The molecule has 2 fully saturated rings. The van der Waals surface area contributed by atoms with Crippen molar-refractivity contribution in [3.8, 4) is 5.75 Å². The van der Waals surface area contributed by atoms with Crippen molar-refractivity contribution >= 4 is 88.6 Å². The van der Waals surface area contributed by atoms with Crippen molar-refractivity contribution in [3.63, 3.8) is 0 Å². The highest BCUT2D eigenvalue weighted by Gasteiger charge is 2.67. The number of hydrazine groups is 1. The molecule has 3 atom stereocenters. The van der Waals surface area contributed by atoms with Gasteiger partial charge in [-0.25, -0.2) is 14.8 Å². The first-order chi connectivity index (χ1) is 29.9. The summed E-state index contributed by atoms with van der Waals surface area (Å²) in [7, 11) is 0. The summed E-state index contributed by atoms with van der Waals surface area (Å²) in [5.74, 6) is -5.82. The average molecular weight is 897 g/mol. The number of hydrogen-bond acceptors (Lipinski definition) is 15. The molecule has 318 valence electrons. The highest BCUT2D eigenvalue weighted by molar-refractivity contribution is 8.00. The van der Waals surface area contributed by atoms with E-state index in [1.165, 1.54) is 34.7 Å². The maximum atomic E-state index is 14.8. The van der Waals surface area contributed by atoms with E-state index < -0.39 is 58.7 Å². The van der Waals surface area contributed by atoms with Crippen LogP contribution < -0.4 is 15.4 Å². The van der Waals surface area contributed by atoms with Crippen LogP contribution in [0.15, 0.2) is 102 Å². The Morgan fingerprint density at radius 3 is 2.24 bits per heavy atom. The fourth-order valence-corrected chi connectivity index (χ4v) is 9.69. The molecule has 3 aliphatic heterocycles. The number of carbonyl (C=O) groups excluding carboxylic acids is 8. The summed E-state index contributed by atoms with van der Waals surface area (Å²) < 4.78 is 11.5. The zero-order valence-electron chi connectivity index (χ0n) is 32.9. The molecule has 2 saturated heterocycles. The van der Waals surface area contributed by atoms with Gasteiger partial charge in [-0.15, -0.1) is 22.0 Å². The molecule has 62 heavy (non-hydrogen) atoms. The number of fused-ring (bicyclic) bond motifs is 1. The van der Waals surface area contributed by atoms with Crippen LogP contribution >= 0.6 is 35.3 Å². The maximum absolute atomic E-state index is 14.8. The fourth-order valence-electron chi connectivity index (χ4n) is 7.29. The number of ether oxygens (including phenoxy) is 2. The van der Waals surface area contributed by atoms with Crippen LogP contribution in [-0.2, 0) is 43.1 Å². The lowest BCUT2D eigenvalue weighted by Crippen LogP contribution is -2.85. The molecule has 21 heteroatoms. The smallest absolute Gasteiger partial charge is 0.356 e. The molecule has 0 spiro atoms. The third-order valence-corrected chi connectivity index (χ3v) is 12.7. The number of likely N-dealkylation sites (N-methyl/N-ethyl adjacent to an activating group) is 1. The highest BCUT2D eigenvalue weighted by atomic mass is 32.2. The van der Waals surface area contributed by atoms with Crippen LogP contribution in [0, 0.1) is 0 Å². The number of nitrogens with zero attached hydrogens (tertiary/aromatic N) is 6. The van der Waals surface area contributed by atoms with Gasteiger partial charge in [-0.05, 0) is 35.7 Å². The summed E-state index contributed by atoms with van der Waals surface area (Å²) in [6, 6.07) is 21.6. The minimum Gasteiger partial charge on any atom is -0.448 e. The molecule has 7 rings (SSSR count). The lowest BCUT2D eigenvalue weighted by atomic mass is 9.93. The zero-order chi connectivity index (χ0) is 44.1. The van der Waals surface area contributed by atoms with Crippen LogP contribution in [0.5, 0.6) is 5.75 Å². The first-order valence-corrected chi connectivity index (χ1v) is 21.2. The van der Waals surface area contributed by atoms with Gasteiger partial charge >= 0.3 is 23.8 Å². The van der Waals surface area contributed by atoms with E-state index >= 15 is 0 Å². The first kappa shape index (κ1) is 43.3. The Morgan fingerprint density at radius 2 is 1.65 bits per heavy atom. The number of amides is 6. The van der Waals surface area contributed by atoms with E-state index in [4.69, 9.17) is 21.7 Å². The number of piperazine rings is 1. The number of aromatic nitrogens is 2. The van der Waals surface area contributed by atoms with Gasteiger partial charge in [0, 0.05) is 31.3 Å². The Kier molecular flexibility index (Phi) is 12.8. The Labute approximate surface area is 367 Å². The van der Waals surface area contributed by atoms with Crippen molar-refractivity contribution < 1.29 is 47.8 Å². The summed E-state index contributed by atoms with van der Waals surface area (Å²) >= 11 is 7.97. The summed E-state index contributed by atoms with van der Waals surface area (Å²) in [6.45, 7) is 2.88. The van der Waals surface area contributed by atoms with Crippen LogP contribution in [0.3, 0.4) is 0 Å². The van der Waals surface area contributed by atoms with Gasteiger partial charge in [0.15, 0.2) is 17.2 Å². The first-order valence-electron chi connectivity index (χ1n) is 18.9. The number of benzene rings is 3. The second-order valence-electron chi connectivity index (χ2n) is 13.8. The van der Waals surface area contributed by atoms with Crippen molar-refractivity contribution in [2.45, 2.75) is 37.0 Å². The summed E-state index contributed by atoms with van der Waals surface area (Å²) in [5, 5.41) is 13.6. The van der Waals surface area contributed by atoms with E-state index in [-0.39, 0.29) is 65.7 Å². The Bertz CT molecular complexity index is 2430. The molecule has 3 aromatic carbocycles. The number of esters is 2. The topological polar surface area (TPSA) is 218 Å². The molecule has 4 heterocycles. The number of thiocarbonyl (C=S) groups is 1. The third-order valence-electron chi connectivity index (χ3n) is 10.1. The van der Waals surface area contributed by atoms with Crippen molar-refractivity contribution in [2.75, 3.05) is 25.4 Å². The van der Waals surface area contributed by atoms with Crippen LogP contribution in [0.4, 0.5) is 0 Å². The predicted molar refractivity (Wildman–Crippen MR) is 225 cm³/mol. The molecule has 0 saturated carbocycles. The number of thioether (sulfide) groups is 1. The Balaban J connectivity index is 1.28. The molecule has 1 aromatic heterocycles. The third kappa shape index (κ3) is 8.16. The van der Waals surface area contributed by atoms with Gasteiger partial charge in [0.25, 0.3) is 11.8 Å². The normalized spacial score (nSPS) is 18.9. The van der Waals surface area contributed by atoms with Gasteiger partial charge in [0.2, 0.25) is 18.5 Å². The number of β-lactam (4-membered cyclic amide) rings is 1. The summed E-state index contributed by atoms with van der Waals surface area (Å²) in [4.78, 5) is 110. The van der Waals surface area contributed by atoms with E-state index in [1.807, 2.05) is 12.1 Å². The minimum atomic E-state index is -2.26. The second-order valence-corrected chi connectivity index (χ2v) is 16.1. The van der Waals surface area contributed by atoms with Crippen molar-refractivity contribution in [1.82, 2.24) is 40.6 Å². The fraction of sp³-hybridized carbons (Fsp3) is 0.244. The standard InChI is InChI=1S/C41H36N8O10S3/c1-3-46-17-18-47(37(55)36(46)54)48(23-51)30(27-15-10-16-28(19-27)58-24(2)52)34(53)44-41(42-21-50)39(57)49-31(29(20-61-40(41)49)33(60)35-45-43-22-62-35)38(56)59-32(25-11-6-4-7-12-25)26-13-8-5-9-14-26/h4-16,19,21-23,30,32,40H,3,17-18,20H2,1-2H3,(H,42,50)(H,44,53)/t30?,40-,41+/m0/s1. The molecular formula is C41H36N8O10S3. The van der Waals surface area contributed by atoms with Crippen molar-refractivity contribution in [2.24, 2.45) is 0 Å². The lowest BCUT2D eigenvalue weighted by Gasteiger charge is -2.57. The van der Waals surface area contributed by atoms with E-state index in [0.29, 0.717) is 21.1 Å². The molecular weight excluding hydrogens is 861 g/mol. The largest absolute Gasteiger partial charge is 0.448 e. The molecule has 1 unspecified atom stereocenters. The Hall–Kier alpha value is -6.84. The van der Waals surface area contributed by atoms with Gasteiger partial charge in [-0.1, -0.05) is 96.4 Å². The SMILES string of the molecule is CCN1CCN(N(C=O)C(C(=O)N[C@]2(NC=O)C(=O)N3C(C(=O)OC(c4ccccc4)c4ccccc4)=C(C(=S)c4nncs4)CS[C@H]32)c2cccc(OC(C)=O)c2)C(=O)C1=O. The predicted octanol–water partition coefficient (Wildman–Crippen LogP) is 2.05. The van der Waals surface area contributed by atoms with E-state index in [1.54, 1.807) is 55.5 Å². The molecule has 0 aliphatic carbocycles. The maximum Gasteiger partial charge on any atom is 0.356 e. The van der Waals surface area contributed by atoms with E-state index in [2.05, 4.69) is 20.8 Å². The van der Waals surface area contributed by atoms with Crippen molar-refractivity contribution in [1.29, 1.82) is 0 Å². The number of nitrogens with one attached hydrogen (secondary N) is 2. The summed E-state index contributed by atoms with van der Waals surface area (Å²) in [6.07, 6.45) is -0.574. The second kappa shape index (κ2) is 18.4. The highest BCUT2D eigenvalue weighted by Crippen LogP contribution is 2.47. The van der Waals surface area contributed by atoms with Gasteiger partial charge < -0.3 is 25.0 Å². The monoisotopic (exact) mass is 896 g/mol.